The van der Waals surface area contributed by atoms with Crippen LogP contribution in [0, 0.1) is 0 Å². The Labute approximate surface area is 96.3 Å². The average Bonchev–Trinajstić information content (AvgIpc) is 2.90. The maximum Gasteiger partial charge on any atom is 0.189 e. The van der Waals surface area contributed by atoms with E-state index < -0.39 is 0 Å². The molecule has 7 heteroatoms. The molecule has 1 aliphatic rings. The van der Waals surface area contributed by atoms with Gasteiger partial charge in [0.2, 0.25) is 0 Å². The van der Waals surface area contributed by atoms with Gasteiger partial charge in [-0.25, -0.2) is 9.97 Å². The molecule has 0 radical (unpaired) electrons. The Morgan fingerprint density at radius 3 is 3.18 bits per heavy atom. The van der Waals surface area contributed by atoms with Crippen molar-refractivity contribution >= 4 is 16.8 Å². The van der Waals surface area contributed by atoms with Crippen LogP contribution in [0.2, 0.25) is 0 Å². The first-order valence-corrected chi connectivity index (χ1v) is 5.67. The van der Waals surface area contributed by atoms with Gasteiger partial charge in [-0.1, -0.05) is 0 Å². The standard InChI is InChI=1S/C10H11N7/c1-2-6(1)11-3-7-15-16-10-8-9(13-4-12-8)14-5-17(7)10/h4-6,11H,1-3H2,(H,12,13). The van der Waals surface area contributed by atoms with E-state index in [2.05, 4.69) is 30.5 Å². The van der Waals surface area contributed by atoms with E-state index in [0.29, 0.717) is 11.7 Å². The van der Waals surface area contributed by atoms with Gasteiger partial charge in [0.05, 0.1) is 12.9 Å². The van der Waals surface area contributed by atoms with E-state index in [1.807, 2.05) is 4.40 Å². The van der Waals surface area contributed by atoms with Crippen LogP contribution < -0.4 is 5.32 Å². The number of fused-ring (bicyclic) bond motifs is 3. The lowest BCUT2D eigenvalue weighted by Gasteiger charge is -2.00. The second kappa shape index (κ2) is 3.24. The number of aromatic amines is 1. The van der Waals surface area contributed by atoms with Crippen molar-refractivity contribution in [1.29, 1.82) is 0 Å². The van der Waals surface area contributed by atoms with Crippen LogP contribution in [0.15, 0.2) is 12.7 Å². The molecule has 0 aromatic carbocycles. The summed E-state index contributed by atoms with van der Waals surface area (Å²) in [5.41, 5.74) is 2.28. The number of H-pyrrole nitrogens is 1. The van der Waals surface area contributed by atoms with Gasteiger partial charge in [0, 0.05) is 6.04 Å². The Kier molecular flexibility index (Phi) is 1.72. The quantitative estimate of drug-likeness (QED) is 0.672. The summed E-state index contributed by atoms with van der Waals surface area (Å²) in [5, 5.41) is 11.8. The minimum absolute atomic E-state index is 0.659. The van der Waals surface area contributed by atoms with Gasteiger partial charge in [-0.3, -0.25) is 4.40 Å². The predicted octanol–water partition coefficient (Wildman–Crippen LogP) is 0.253. The molecule has 3 heterocycles. The highest BCUT2D eigenvalue weighted by Crippen LogP contribution is 2.19. The van der Waals surface area contributed by atoms with E-state index in [-0.39, 0.29) is 0 Å². The fourth-order valence-electron chi connectivity index (χ4n) is 1.92. The molecule has 1 fully saturated rings. The minimum Gasteiger partial charge on any atom is -0.340 e. The number of nitrogens with zero attached hydrogens (tertiary/aromatic N) is 5. The van der Waals surface area contributed by atoms with Gasteiger partial charge in [-0.05, 0) is 12.8 Å². The summed E-state index contributed by atoms with van der Waals surface area (Å²) in [6, 6.07) is 0.659. The highest BCUT2D eigenvalue weighted by Gasteiger charge is 2.21. The van der Waals surface area contributed by atoms with Crippen LogP contribution in [-0.2, 0) is 6.54 Å². The van der Waals surface area contributed by atoms with Crippen molar-refractivity contribution in [2.24, 2.45) is 0 Å². The van der Waals surface area contributed by atoms with Crippen LogP contribution in [-0.4, -0.2) is 35.6 Å². The topological polar surface area (TPSA) is 83.8 Å². The zero-order valence-electron chi connectivity index (χ0n) is 9.09. The van der Waals surface area contributed by atoms with Gasteiger partial charge in [0.15, 0.2) is 17.1 Å². The smallest absolute Gasteiger partial charge is 0.189 e. The first kappa shape index (κ1) is 9.06. The molecule has 1 saturated carbocycles. The van der Waals surface area contributed by atoms with E-state index in [1.54, 1.807) is 12.7 Å². The van der Waals surface area contributed by atoms with Crippen molar-refractivity contribution in [2.45, 2.75) is 25.4 Å². The van der Waals surface area contributed by atoms with Gasteiger partial charge in [-0.2, -0.15) is 0 Å². The van der Waals surface area contributed by atoms with Gasteiger partial charge < -0.3 is 10.3 Å². The van der Waals surface area contributed by atoms with Crippen molar-refractivity contribution in [3.05, 3.63) is 18.5 Å². The number of nitrogens with one attached hydrogen (secondary N) is 2. The molecule has 7 nitrogen and oxygen atoms in total. The lowest BCUT2D eigenvalue weighted by atomic mass is 10.5. The van der Waals surface area contributed by atoms with E-state index in [0.717, 1.165) is 23.5 Å². The summed E-state index contributed by atoms with van der Waals surface area (Å²) in [4.78, 5) is 11.4. The highest BCUT2D eigenvalue weighted by molar-refractivity contribution is 5.84. The third-order valence-corrected chi connectivity index (χ3v) is 3.03. The highest BCUT2D eigenvalue weighted by atomic mass is 15.3. The largest absolute Gasteiger partial charge is 0.340 e. The number of rotatable bonds is 3. The molecular weight excluding hydrogens is 218 g/mol. The second-order valence-electron chi connectivity index (χ2n) is 4.31. The molecule has 86 valence electrons. The summed E-state index contributed by atoms with van der Waals surface area (Å²) in [7, 11) is 0. The van der Waals surface area contributed by atoms with Crippen LogP contribution in [0.5, 0.6) is 0 Å². The summed E-state index contributed by atoms with van der Waals surface area (Å²) in [6.07, 6.45) is 5.87. The molecule has 0 saturated heterocycles. The van der Waals surface area contributed by atoms with Crippen molar-refractivity contribution in [3.8, 4) is 0 Å². The summed E-state index contributed by atoms with van der Waals surface area (Å²) in [6.45, 7) is 0.729. The first-order chi connectivity index (χ1) is 8.42. The van der Waals surface area contributed by atoms with Gasteiger partial charge in [-0.15, -0.1) is 10.2 Å². The number of hydrogen-bond donors (Lipinski definition) is 2. The fraction of sp³-hybridized carbons (Fsp3) is 0.400. The van der Waals surface area contributed by atoms with Crippen LogP contribution in [0.4, 0.5) is 0 Å². The molecule has 0 atom stereocenters. The summed E-state index contributed by atoms with van der Waals surface area (Å²) >= 11 is 0. The SMILES string of the molecule is c1nc2ncn3c(CNC4CC4)nnc3c2[nH]1. The molecule has 0 aliphatic heterocycles. The van der Waals surface area contributed by atoms with Crippen molar-refractivity contribution in [1.82, 2.24) is 34.9 Å². The number of aromatic nitrogens is 6. The third kappa shape index (κ3) is 1.39. The summed E-state index contributed by atoms with van der Waals surface area (Å²) in [5.74, 6) is 0.885. The van der Waals surface area contributed by atoms with Gasteiger partial charge in [0.25, 0.3) is 0 Å². The van der Waals surface area contributed by atoms with E-state index in [4.69, 9.17) is 0 Å². The third-order valence-electron chi connectivity index (χ3n) is 3.03. The van der Waals surface area contributed by atoms with Gasteiger partial charge >= 0.3 is 0 Å². The molecular formula is C10H11N7. The number of hydrogen-bond acceptors (Lipinski definition) is 5. The maximum absolute atomic E-state index is 4.26. The lowest BCUT2D eigenvalue weighted by molar-refractivity contribution is 0.651. The lowest BCUT2D eigenvalue weighted by Crippen LogP contribution is -2.17. The van der Waals surface area contributed by atoms with Crippen molar-refractivity contribution in [2.75, 3.05) is 0 Å². The Bertz CT molecular complexity index is 678. The van der Waals surface area contributed by atoms with E-state index in [1.165, 1.54) is 12.8 Å². The zero-order chi connectivity index (χ0) is 11.2. The average molecular weight is 229 g/mol. The molecule has 0 amide bonds. The van der Waals surface area contributed by atoms with Crippen molar-refractivity contribution < 1.29 is 0 Å². The molecule has 17 heavy (non-hydrogen) atoms. The Balaban J connectivity index is 1.81. The van der Waals surface area contributed by atoms with Crippen LogP contribution >= 0.6 is 0 Å². The minimum atomic E-state index is 0.659. The van der Waals surface area contributed by atoms with Crippen LogP contribution in [0.3, 0.4) is 0 Å². The molecule has 1 aliphatic carbocycles. The first-order valence-electron chi connectivity index (χ1n) is 5.67. The van der Waals surface area contributed by atoms with E-state index in [9.17, 15) is 0 Å². The fourth-order valence-corrected chi connectivity index (χ4v) is 1.92. The Morgan fingerprint density at radius 1 is 1.35 bits per heavy atom. The number of imidazole rings is 1. The molecule has 0 unspecified atom stereocenters. The van der Waals surface area contributed by atoms with Gasteiger partial charge in [0.1, 0.15) is 11.8 Å². The monoisotopic (exact) mass is 229 g/mol. The summed E-state index contributed by atoms with van der Waals surface area (Å²) < 4.78 is 1.90. The molecule has 3 aromatic rings. The normalized spacial score (nSPS) is 16.0. The molecule has 0 spiro atoms. The predicted molar refractivity (Wildman–Crippen MR) is 60.3 cm³/mol. The second-order valence-corrected chi connectivity index (χ2v) is 4.31. The maximum atomic E-state index is 4.26. The Hall–Kier alpha value is -2.02. The molecule has 0 bridgehead atoms. The van der Waals surface area contributed by atoms with Crippen molar-refractivity contribution in [3.63, 3.8) is 0 Å². The molecule has 4 rings (SSSR count). The van der Waals surface area contributed by atoms with Crippen LogP contribution in [0.1, 0.15) is 18.7 Å². The molecule has 2 N–H and O–H groups in total. The van der Waals surface area contributed by atoms with E-state index >= 15 is 0 Å². The molecule has 3 aromatic heterocycles. The zero-order valence-corrected chi connectivity index (χ0v) is 9.09. The van der Waals surface area contributed by atoms with Crippen LogP contribution in [0.25, 0.3) is 16.8 Å². The Morgan fingerprint density at radius 2 is 2.29 bits per heavy atom.